The Morgan fingerprint density at radius 2 is 2.16 bits per heavy atom. The molecule has 1 saturated heterocycles. The zero-order chi connectivity index (χ0) is 14.2. The molecule has 5 nitrogen and oxygen atoms in total. The largest absolute Gasteiger partial charge is 0.336 e. The van der Waals surface area contributed by atoms with E-state index in [1.807, 2.05) is 6.92 Å². The van der Waals surface area contributed by atoms with E-state index in [9.17, 15) is 13.2 Å². The summed E-state index contributed by atoms with van der Waals surface area (Å²) in [6, 6.07) is 4.34. The van der Waals surface area contributed by atoms with E-state index in [0.717, 1.165) is 12.8 Å². The van der Waals surface area contributed by atoms with Crippen molar-refractivity contribution in [2.24, 2.45) is 5.14 Å². The highest BCUT2D eigenvalue weighted by molar-refractivity contribution is 7.89. The summed E-state index contributed by atoms with van der Waals surface area (Å²) in [6.07, 6.45) is 1.81. The Hall–Kier alpha value is -1.11. The number of nitrogens with two attached hydrogens (primary N) is 1. The smallest absolute Gasteiger partial charge is 0.256 e. The van der Waals surface area contributed by atoms with Gasteiger partial charge < -0.3 is 4.90 Å². The summed E-state index contributed by atoms with van der Waals surface area (Å²) in [4.78, 5) is 13.9. The molecule has 0 saturated carbocycles. The van der Waals surface area contributed by atoms with Crippen LogP contribution in [0, 0.1) is 0 Å². The van der Waals surface area contributed by atoms with Crippen LogP contribution in [0.5, 0.6) is 0 Å². The second-order valence-corrected chi connectivity index (χ2v) is 6.58. The molecule has 1 aliphatic rings. The monoisotopic (exact) mass is 302 g/mol. The summed E-state index contributed by atoms with van der Waals surface area (Å²) in [5.74, 6) is -0.375. The van der Waals surface area contributed by atoms with Crippen LogP contribution in [0.3, 0.4) is 0 Å². The molecule has 19 heavy (non-hydrogen) atoms. The van der Waals surface area contributed by atoms with Crippen LogP contribution in [0.1, 0.15) is 30.1 Å². The maximum atomic E-state index is 12.5. The standard InChI is InChI=1S/C12H15ClN2O3S/c1-8-4-3-7-15(8)12(16)11-9(13)5-2-6-10(11)19(14,17)18/h2,5-6,8H,3-4,7H2,1H3,(H2,14,17,18). The molecule has 2 N–H and O–H groups in total. The number of hydrogen-bond acceptors (Lipinski definition) is 3. The Balaban J connectivity index is 2.53. The molecule has 0 bridgehead atoms. The number of carbonyl (C=O) groups excluding carboxylic acids is 1. The first-order valence-electron chi connectivity index (χ1n) is 5.94. The number of amides is 1. The van der Waals surface area contributed by atoms with Crippen molar-refractivity contribution in [1.82, 2.24) is 4.90 Å². The lowest BCUT2D eigenvalue weighted by Gasteiger charge is -2.23. The number of primary sulfonamides is 1. The number of hydrogen-bond donors (Lipinski definition) is 1. The highest BCUT2D eigenvalue weighted by Gasteiger charge is 2.31. The van der Waals surface area contributed by atoms with Crippen LogP contribution in [0.15, 0.2) is 23.1 Å². The van der Waals surface area contributed by atoms with Crippen LogP contribution in [0.4, 0.5) is 0 Å². The van der Waals surface area contributed by atoms with Crippen LogP contribution in [0.2, 0.25) is 5.02 Å². The molecule has 0 spiro atoms. The molecular weight excluding hydrogens is 288 g/mol. The Morgan fingerprint density at radius 3 is 2.68 bits per heavy atom. The molecule has 7 heteroatoms. The zero-order valence-corrected chi connectivity index (χ0v) is 12.0. The van der Waals surface area contributed by atoms with Crippen LogP contribution in [-0.4, -0.2) is 31.8 Å². The van der Waals surface area contributed by atoms with Gasteiger partial charge in [0.25, 0.3) is 5.91 Å². The number of halogens is 1. The maximum Gasteiger partial charge on any atom is 0.256 e. The first kappa shape index (κ1) is 14.3. The summed E-state index contributed by atoms with van der Waals surface area (Å²) in [5.41, 5.74) is -0.0274. The van der Waals surface area contributed by atoms with Gasteiger partial charge in [0.2, 0.25) is 10.0 Å². The predicted molar refractivity (Wildman–Crippen MR) is 72.6 cm³/mol. The average Bonchev–Trinajstić information content (AvgIpc) is 2.73. The number of carbonyl (C=O) groups is 1. The molecule has 1 unspecified atom stereocenters. The van der Waals surface area contributed by atoms with Crippen LogP contribution in [0.25, 0.3) is 0 Å². The molecule has 1 atom stereocenters. The van der Waals surface area contributed by atoms with Crippen molar-refractivity contribution in [2.45, 2.75) is 30.7 Å². The van der Waals surface area contributed by atoms with E-state index in [4.69, 9.17) is 16.7 Å². The van der Waals surface area contributed by atoms with E-state index < -0.39 is 10.0 Å². The first-order valence-corrected chi connectivity index (χ1v) is 7.87. The predicted octanol–water partition coefficient (Wildman–Crippen LogP) is 1.61. The van der Waals surface area contributed by atoms with Crippen molar-refractivity contribution in [3.05, 3.63) is 28.8 Å². The van der Waals surface area contributed by atoms with Crippen molar-refractivity contribution in [1.29, 1.82) is 0 Å². The summed E-state index contributed by atoms with van der Waals surface area (Å²) in [7, 11) is -3.98. The van der Waals surface area contributed by atoms with Gasteiger partial charge in [-0.1, -0.05) is 17.7 Å². The maximum absolute atomic E-state index is 12.5. The minimum atomic E-state index is -3.98. The van der Waals surface area contributed by atoms with E-state index >= 15 is 0 Å². The minimum absolute atomic E-state index is 0.0274. The lowest BCUT2D eigenvalue weighted by atomic mass is 10.2. The zero-order valence-electron chi connectivity index (χ0n) is 10.5. The molecule has 1 aliphatic heterocycles. The van der Waals surface area contributed by atoms with Crippen molar-refractivity contribution >= 4 is 27.5 Å². The van der Waals surface area contributed by atoms with Gasteiger partial charge in [-0.05, 0) is 31.9 Å². The SMILES string of the molecule is CC1CCCN1C(=O)c1c(Cl)cccc1S(N)(=O)=O. The second kappa shape index (κ2) is 5.11. The van der Waals surface area contributed by atoms with Gasteiger partial charge >= 0.3 is 0 Å². The quantitative estimate of drug-likeness (QED) is 0.901. The number of sulfonamides is 1. The Morgan fingerprint density at radius 1 is 1.47 bits per heavy atom. The average molecular weight is 303 g/mol. The summed E-state index contributed by atoms with van der Waals surface area (Å²) < 4.78 is 23.1. The van der Waals surface area contributed by atoms with Gasteiger partial charge in [-0.25, -0.2) is 13.6 Å². The molecule has 1 aromatic rings. The molecule has 0 aromatic heterocycles. The van der Waals surface area contributed by atoms with Gasteiger partial charge in [0.1, 0.15) is 0 Å². The van der Waals surface area contributed by atoms with E-state index in [2.05, 4.69) is 0 Å². The third kappa shape index (κ3) is 2.75. The van der Waals surface area contributed by atoms with E-state index in [-0.39, 0.29) is 27.4 Å². The van der Waals surface area contributed by atoms with Gasteiger partial charge in [-0.2, -0.15) is 0 Å². The minimum Gasteiger partial charge on any atom is -0.336 e. The van der Waals surface area contributed by atoms with Gasteiger partial charge in [0.05, 0.1) is 15.5 Å². The molecule has 1 amide bonds. The lowest BCUT2D eigenvalue weighted by Crippen LogP contribution is -2.35. The molecule has 2 rings (SSSR count). The van der Waals surface area contributed by atoms with E-state index in [1.165, 1.54) is 18.2 Å². The fraction of sp³-hybridized carbons (Fsp3) is 0.417. The van der Waals surface area contributed by atoms with Gasteiger partial charge in [0, 0.05) is 12.6 Å². The molecule has 1 fully saturated rings. The van der Waals surface area contributed by atoms with E-state index in [1.54, 1.807) is 4.90 Å². The highest BCUT2D eigenvalue weighted by Crippen LogP contribution is 2.28. The van der Waals surface area contributed by atoms with Gasteiger partial charge in [-0.15, -0.1) is 0 Å². The fourth-order valence-electron chi connectivity index (χ4n) is 2.33. The van der Waals surface area contributed by atoms with Crippen LogP contribution >= 0.6 is 11.6 Å². The molecular formula is C12H15ClN2O3S. The Labute approximate surface area is 117 Å². The fourth-order valence-corrected chi connectivity index (χ4v) is 3.39. The molecule has 0 radical (unpaired) electrons. The lowest BCUT2D eigenvalue weighted by molar-refractivity contribution is 0.0743. The Bertz CT molecular complexity index is 615. The van der Waals surface area contributed by atoms with Crippen LogP contribution < -0.4 is 5.14 Å². The number of nitrogens with zero attached hydrogens (tertiary/aromatic N) is 1. The summed E-state index contributed by atoms with van der Waals surface area (Å²) >= 11 is 5.99. The summed E-state index contributed by atoms with van der Waals surface area (Å²) in [5, 5.41) is 5.25. The third-order valence-electron chi connectivity index (χ3n) is 3.31. The van der Waals surface area contributed by atoms with E-state index in [0.29, 0.717) is 6.54 Å². The molecule has 0 aliphatic carbocycles. The topological polar surface area (TPSA) is 80.5 Å². The second-order valence-electron chi connectivity index (χ2n) is 4.65. The normalized spacial score (nSPS) is 19.7. The van der Waals surface area contributed by atoms with Crippen molar-refractivity contribution in [3.8, 4) is 0 Å². The molecule has 1 heterocycles. The summed E-state index contributed by atoms with van der Waals surface area (Å²) in [6.45, 7) is 2.54. The molecule has 104 valence electrons. The number of likely N-dealkylation sites (tertiary alicyclic amines) is 1. The third-order valence-corrected chi connectivity index (χ3v) is 4.58. The van der Waals surface area contributed by atoms with Crippen molar-refractivity contribution < 1.29 is 13.2 Å². The number of rotatable bonds is 2. The van der Waals surface area contributed by atoms with Crippen molar-refractivity contribution in [3.63, 3.8) is 0 Å². The Kier molecular flexibility index (Phi) is 3.85. The molecule has 1 aromatic carbocycles. The highest BCUT2D eigenvalue weighted by atomic mass is 35.5. The van der Waals surface area contributed by atoms with Gasteiger partial charge in [-0.3, -0.25) is 4.79 Å². The van der Waals surface area contributed by atoms with Crippen LogP contribution in [-0.2, 0) is 10.0 Å². The number of benzene rings is 1. The first-order chi connectivity index (χ1) is 8.82. The van der Waals surface area contributed by atoms with Crippen molar-refractivity contribution in [2.75, 3.05) is 6.54 Å². The van der Waals surface area contributed by atoms with Gasteiger partial charge in [0.15, 0.2) is 0 Å².